The maximum Gasteiger partial charge on any atom is 0.408 e. The summed E-state index contributed by atoms with van der Waals surface area (Å²) in [5.41, 5.74) is -0.545. The molecule has 1 aromatic carbocycles. The topological polar surface area (TPSA) is 64.6 Å². The maximum atomic E-state index is 12.2. The minimum atomic E-state index is -1.28. The number of alkyl carbamates (subject to hydrolysis) is 1. The monoisotopic (exact) mass is 333 g/mol. The number of allylic oxidation sites excluding steroid dienone is 1. The molecule has 5 heteroatoms. The number of benzene rings is 1. The predicted octanol–water partition coefficient (Wildman–Crippen LogP) is 3.84. The highest BCUT2D eigenvalue weighted by atomic mass is 16.6. The first-order valence-electron chi connectivity index (χ1n) is 8.03. The first-order chi connectivity index (χ1) is 11.2. The quantitative estimate of drug-likeness (QED) is 0.634. The molecule has 0 aliphatic heterocycles. The summed E-state index contributed by atoms with van der Waals surface area (Å²) < 4.78 is 10.3. The van der Waals surface area contributed by atoms with Crippen LogP contribution in [0.4, 0.5) is 4.79 Å². The fourth-order valence-corrected chi connectivity index (χ4v) is 1.83. The van der Waals surface area contributed by atoms with E-state index in [1.165, 1.54) is 0 Å². The molecule has 0 saturated carbocycles. The molecule has 0 aromatic heterocycles. The van der Waals surface area contributed by atoms with E-state index < -0.39 is 17.6 Å². The Hall–Kier alpha value is -2.30. The lowest BCUT2D eigenvalue weighted by molar-refractivity contribution is -0.148. The van der Waals surface area contributed by atoms with E-state index in [4.69, 9.17) is 9.47 Å². The van der Waals surface area contributed by atoms with Gasteiger partial charge in [-0.15, -0.1) is 0 Å². The Bertz CT molecular complexity index is 575. The third-order valence-electron chi connectivity index (χ3n) is 3.19. The van der Waals surface area contributed by atoms with Crippen molar-refractivity contribution in [3.8, 4) is 0 Å². The van der Waals surface area contributed by atoms with Crippen LogP contribution < -0.4 is 5.32 Å². The summed E-state index contributed by atoms with van der Waals surface area (Å²) in [5, 5.41) is 2.60. The molecule has 0 saturated heterocycles. The number of carbonyl (C=O) groups is 2. The average molecular weight is 333 g/mol. The molecule has 0 heterocycles. The van der Waals surface area contributed by atoms with Gasteiger partial charge in [-0.25, -0.2) is 9.59 Å². The number of hydrogen-bond acceptors (Lipinski definition) is 4. The molecule has 0 fully saturated rings. The average Bonchev–Trinajstić information content (AvgIpc) is 2.52. The van der Waals surface area contributed by atoms with Gasteiger partial charge >= 0.3 is 12.1 Å². The molecule has 0 unspecified atom stereocenters. The van der Waals surface area contributed by atoms with E-state index in [2.05, 4.69) is 5.32 Å². The van der Waals surface area contributed by atoms with Crippen LogP contribution in [0, 0.1) is 5.41 Å². The summed E-state index contributed by atoms with van der Waals surface area (Å²) in [6, 6.07) is 9.34. The standard InChI is InChI=1S/C19H27NO4/c1-6-23-16(21)19(5,13-12-18(2,3)4)20-17(22)24-14-15-10-8-7-9-11-15/h7-13H,6,14H2,1-5H3,(H,20,22)/b13-12+/t19-/m0/s1. The number of carbonyl (C=O) groups excluding carboxylic acids is 2. The van der Waals surface area contributed by atoms with E-state index in [1.54, 1.807) is 19.9 Å². The van der Waals surface area contributed by atoms with Crippen LogP contribution in [0.5, 0.6) is 0 Å². The lowest BCUT2D eigenvalue weighted by atomic mass is 9.91. The summed E-state index contributed by atoms with van der Waals surface area (Å²) in [5.74, 6) is -0.526. The summed E-state index contributed by atoms with van der Waals surface area (Å²) in [7, 11) is 0. The van der Waals surface area contributed by atoms with Gasteiger partial charge in [0, 0.05) is 0 Å². The van der Waals surface area contributed by atoms with Gasteiger partial charge in [0.05, 0.1) is 6.61 Å². The van der Waals surface area contributed by atoms with Crippen molar-refractivity contribution in [3.05, 3.63) is 48.0 Å². The van der Waals surface area contributed by atoms with Gasteiger partial charge < -0.3 is 14.8 Å². The highest BCUT2D eigenvalue weighted by molar-refractivity contribution is 5.87. The molecule has 0 aliphatic carbocycles. The Morgan fingerprint density at radius 2 is 1.67 bits per heavy atom. The second-order valence-corrected chi connectivity index (χ2v) is 6.81. The fourth-order valence-electron chi connectivity index (χ4n) is 1.83. The van der Waals surface area contributed by atoms with Gasteiger partial charge in [0.15, 0.2) is 5.54 Å². The van der Waals surface area contributed by atoms with E-state index in [-0.39, 0.29) is 18.6 Å². The summed E-state index contributed by atoms with van der Waals surface area (Å²) in [6.45, 7) is 9.69. The molecule has 0 aliphatic rings. The molecule has 0 bridgehead atoms. The lowest BCUT2D eigenvalue weighted by Gasteiger charge is -2.26. The zero-order chi connectivity index (χ0) is 18.2. The van der Waals surface area contributed by atoms with E-state index in [1.807, 2.05) is 57.2 Å². The first kappa shape index (κ1) is 19.7. The number of amides is 1. The third-order valence-corrected chi connectivity index (χ3v) is 3.19. The van der Waals surface area contributed by atoms with Crippen molar-refractivity contribution < 1.29 is 19.1 Å². The van der Waals surface area contributed by atoms with Crippen molar-refractivity contribution in [2.24, 2.45) is 5.41 Å². The first-order valence-corrected chi connectivity index (χ1v) is 8.03. The van der Waals surface area contributed by atoms with Crippen molar-refractivity contribution in [3.63, 3.8) is 0 Å². The van der Waals surface area contributed by atoms with Crippen molar-refractivity contribution >= 4 is 12.1 Å². The Morgan fingerprint density at radius 1 is 1.04 bits per heavy atom. The molecule has 1 aromatic rings. The second kappa shape index (κ2) is 8.52. The molecule has 0 spiro atoms. The highest BCUT2D eigenvalue weighted by Crippen LogP contribution is 2.19. The zero-order valence-electron chi connectivity index (χ0n) is 15.1. The van der Waals surface area contributed by atoms with Crippen molar-refractivity contribution in [2.45, 2.75) is 46.8 Å². The molecule has 1 atom stereocenters. The van der Waals surface area contributed by atoms with Gasteiger partial charge in [0.2, 0.25) is 0 Å². The van der Waals surface area contributed by atoms with Crippen LogP contribution >= 0.6 is 0 Å². The fraction of sp³-hybridized carbons (Fsp3) is 0.474. The lowest BCUT2D eigenvalue weighted by Crippen LogP contribution is -2.52. The molecule has 24 heavy (non-hydrogen) atoms. The Labute approximate surface area is 144 Å². The molecule has 1 rings (SSSR count). The Kier molecular flexibility index (Phi) is 7.01. The van der Waals surface area contributed by atoms with E-state index in [0.717, 1.165) is 5.56 Å². The van der Waals surface area contributed by atoms with Crippen LogP contribution in [-0.2, 0) is 20.9 Å². The third kappa shape index (κ3) is 6.86. The number of esters is 1. The summed E-state index contributed by atoms with van der Waals surface area (Å²) in [6.07, 6.45) is 2.84. The van der Waals surface area contributed by atoms with Crippen LogP contribution in [0.1, 0.15) is 40.2 Å². The predicted molar refractivity (Wildman–Crippen MR) is 93.4 cm³/mol. The van der Waals surface area contributed by atoms with Crippen molar-refractivity contribution in [1.29, 1.82) is 0 Å². The van der Waals surface area contributed by atoms with Gasteiger partial charge in [0.25, 0.3) is 0 Å². The second-order valence-electron chi connectivity index (χ2n) is 6.81. The van der Waals surface area contributed by atoms with Gasteiger partial charge in [0.1, 0.15) is 6.61 Å². The molecule has 1 amide bonds. The Morgan fingerprint density at radius 3 is 2.21 bits per heavy atom. The highest BCUT2D eigenvalue weighted by Gasteiger charge is 2.35. The number of rotatable bonds is 6. The van der Waals surface area contributed by atoms with Crippen LogP contribution in [0.25, 0.3) is 0 Å². The zero-order valence-corrected chi connectivity index (χ0v) is 15.1. The smallest absolute Gasteiger partial charge is 0.408 e. The molecular weight excluding hydrogens is 306 g/mol. The summed E-state index contributed by atoms with van der Waals surface area (Å²) in [4.78, 5) is 24.3. The van der Waals surface area contributed by atoms with E-state index >= 15 is 0 Å². The molecule has 132 valence electrons. The van der Waals surface area contributed by atoms with Gasteiger partial charge in [-0.2, -0.15) is 0 Å². The number of nitrogens with one attached hydrogen (secondary N) is 1. The molecule has 0 radical (unpaired) electrons. The molecular formula is C19H27NO4. The van der Waals surface area contributed by atoms with Crippen LogP contribution in [-0.4, -0.2) is 24.2 Å². The van der Waals surface area contributed by atoms with Crippen LogP contribution in [0.3, 0.4) is 0 Å². The molecule has 5 nitrogen and oxygen atoms in total. The number of ether oxygens (including phenoxy) is 2. The SMILES string of the molecule is CCOC(=O)[C@](C)(/C=C/C(C)(C)C)NC(=O)OCc1ccccc1. The largest absolute Gasteiger partial charge is 0.464 e. The van der Waals surface area contributed by atoms with Crippen LogP contribution in [0.15, 0.2) is 42.5 Å². The maximum absolute atomic E-state index is 12.2. The minimum absolute atomic E-state index is 0.133. The van der Waals surface area contributed by atoms with Gasteiger partial charge in [-0.1, -0.05) is 63.3 Å². The summed E-state index contributed by atoms with van der Waals surface area (Å²) >= 11 is 0. The van der Waals surface area contributed by atoms with Gasteiger partial charge in [-0.05, 0) is 24.8 Å². The van der Waals surface area contributed by atoms with E-state index in [0.29, 0.717) is 0 Å². The molecule has 1 N–H and O–H groups in total. The number of hydrogen-bond donors (Lipinski definition) is 1. The van der Waals surface area contributed by atoms with Crippen LogP contribution in [0.2, 0.25) is 0 Å². The van der Waals surface area contributed by atoms with E-state index in [9.17, 15) is 9.59 Å². The van der Waals surface area contributed by atoms with Gasteiger partial charge in [-0.3, -0.25) is 0 Å². The van der Waals surface area contributed by atoms with Crippen molar-refractivity contribution in [1.82, 2.24) is 5.32 Å². The van der Waals surface area contributed by atoms with Crippen molar-refractivity contribution in [2.75, 3.05) is 6.61 Å². The minimum Gasteiger partial charge on any atom is -0.464 e. The Balaban J connectivity index is 2.78. The normalized spacial score (nSPS) is 14.0.